The monoisotopic (exact) mass is 244 g/mol. The molecule has 0 radical (unpaired) electrons. The lowest BCUT2D eigenvalue weighted by molar-refractivity contribution is 0.0687. The van der Waals surface area contributed by atoms with Gasteiger partial charge in [-0.05, 0) is 25.0 Å². The molecule has 1 aromatic heterocycles. The van der Waals surface area contributed by atoms with Crippen LogP contribution < -0.4 is 4.74 Å². The summed E-state index contributed by atoms with van der Waals surface area (Å²) in [7, 11) is 0. The summed E-state index contributed by atoms with van der Waals surface area (Å²) in [4.78, 5) is 11.1. The van der Waals surface area contributed by atoms with Gasteiger partial charge in [0.1, 0.15) is 18.1 Å². The summed E-state index contributed by atoms with van der Waals surface area (Å²) >= 11 is 0. The van der Waals surface area contributed by atoms with Crippen molar-refractivity contribution < 1.29 is 14.6 Å². The van der Waals surface area contributed by atoms with Crippen molar-refractivity contribution >= 4 is 5.97 Å². The standard InChI is InChI=1S/C13H12N2O3/c1-6-3-4-7(2)12-9(6)10-8(5-18-12)11(13(16)17)15-14-10/h3-4H,5H2,1-2H3,(H,14,15)(H,16,17). The normalized spacial score (nSPS) is 12.6. The third kappa shape index (κ3) is 1.33. The Labute approximate surface area is 103 Å². The van der Waals surface area contributed by atoms with Gasteiger partial charge in [-0.2, -0.15) is 5.10 Å². The number of hydrogen-bond donors (Lipinski definition) is 2. The van der Waals surface area contributed by atoms with E-state index in [9.17, 15) is 4.79 Å². The Hall–Kier alpha value is -2.30. The minimum atomic E-state index is -1.01. The molecule has 0 atom stereocenters. The van der Waals surface area contributed by atoms with E-state index in [0.29, 0.717) is 11.3 Å². The highest BCUT2D eigenvalue weighted by Crippen LogP contribution is 2.41. The highest BCUT2D eigenvalue weighted by molar-refractivity contribution is 5.91. The number of aromatic carboxylic acids is 1. The van der Waals surface area contributed by atoms with Gasteiger partial charge in [-0.25, -0.2) is 4.79 Å². The van der Waals surface area contributed by atoms with Crippen LogP contribution in [0.2, 0.25) is 0 Å². The third-order valence-electron chi connectivity index (χ3n) is 3.24. The van der Waals surface area contributed by atoms with Crippen molar-refractivity contribution in [2.45, 2.75) is 20.5 Å². The second kappa shape index (κ2) is 3.60. The van der Waals surface area contributed by atoms with Gasteiger partial charge in [0.05, 0.1) is 5.56 Å². The molecule has 0 saturated carbocycles. The Morgan fingerprint density at radius 2 is 2.11 bits per heavy atom. The fourth-order valence-corrected chi connectivity index (χ4v) is 2.30. The molecule has 3 rings (SSSR count). The van der Waals surface area contributed by atoms with Gasteiger partial charge in [-0.3, -0.25) is 5.10 Å². The molecule has 0 spiro atoms. The first-order chi connectivity index (χ1) is 8.59. The summed E-state index contributed by atoms with van der Waals surface area (Å²) in [5.41, 5.74) is 4.36. The average Bonchev–Trinajstić information content (AvgIpc) is 2.77. The first-order valence-electron chi connectivity index (χ1n) is 5.63. The summed E-state index contributed by atoms with van der Waals surface area (Å²) in [5, 5.41) is 15.8. The third-order valence-corrected chi connectivity index (χ3v) is 3.24. The number of H-pyrrole nitrogens is 1. The summed E-state index contributed by atoms with van der Waals surface area (Å²) in [6.07, 6.45) is 0. The first-order valence-corrected chi connectivity index (χ1v) is 5.63. The Kier molecular flexibility index (Phi) is 2.16. The Morgan fingerprint density at radius 3 is 2.83 bits per heavy atom. The van der Waals surface area contributed by atoms with Gasteiger partial charge in [-0.1, -0.05) is 12.1 Å². The van der Waals surface area contributed by atoms with Crippen LogP contribution in [0.25, 0.3) is 11.3 Å². The molecule has 5 heteroatoms. The maximum Gasteiger partial charge on any atom is 0.354 e. The number of nitrogens with zero attached hydrogens (tertiary/aromatic N) is 1. The number of carbonyl (C=O) groups is 1. The average molecular weight is 244 g/mol. The second-order valence-electron chi connectivity index (χ2n) is 4.42. The number of rotatable bonds is 1. The molecule has 0 amide bonds. The molecule has 5 nitrogen and oxygen atoms in total. The van der Waals surface area contributed by atoms with Crippen molar-refractivity contribution in [2.24, 2.45) is 0 Å². The Bertz CT molecular complexity index is 658. The van der Waals surface area contributed by atoms with Crippen LogP contribution in [0.15, 0.2) is 12.1 Å². The molecule has 2 heterocycles. The lowest BCUT2D eigenvalue weighted by Crippen LogP contribution is -2.10. The van der Waals surface area contributed by atoms with E-state index in [-0.39, 0.29) is 12.3 Å². The zero-order chi connectivity index (χ0) is 12.9. The van der Waals surface area contributed by atoms with Crippen molar-refractivity contribution in [3.8, 4) is 17.0 Å². The molecule has 2 N–H and O–H groups in total. The second-order valence-corrected chi connectivity index (χ2v) is 4.42. The molecule has 1 aliphatic heterocycles. The van der Waals surface area contributed by atoms with E-state index in [4.69, 9.17) is 9.84 Å². The van der Waals surface area contributed by atoms with Crippen LogP contribution in [0.1, 0.15) is 27.2 Å². The van der Waals surface area contributed by atoms with Crippen LogP contribution in [0.5, 0.6) is 5.75 Å². The van der Waals surface area contributed by atoms with Gasteiger partial charge < -0.3 is 9.84 Å². The van der Waals surface area contributed by atoms with Crippen molar-refractivity contribution in [1.82, 2.24) is 10.2 Å². The van der Waals surface area contributed by atoms with Crippen molar-refractivity contribution in [3.05, 3.63) is 34.5 Å². The summed E-state index contributed by atoms with van der Waals surface area (Å²) in [6, 6.07) is 3.98. The van der Waals surface area contributed by atoms with E-state index in [1.807, 2.05) is 26.0 Å². The number of benzene rings is 1. The number of ether oxygens (including phenoxy) is 1. The van der Waals surface area contributed by atoms with Gasteiger partial charge in [0.25, 0.3) is 0 Å². The number of aromatic amines is 1. The van der Waals surface area contributed by atoms with Gasteiger partial charge >= 0.3 is 5.97 Å². The molecule has 0 aliphatic carbocycles. The van der Waals surface area contributed by atoms with Crippen molar-refractivity contribution in [1.29, 1.82) is 0 Å². The molecule has 0 saturated heterocycles. The highest BCUT2D eigenvalue weighted by atomic mass is 16.5. The minimum Gasteiger partial charge on any atom is -0.488 e. The van der Waals surface area contributed by atoms with E-state index in [0.717, 1.165) is 22.4 Å². The fourth-order valence-electron chi connectivity index (χ4n) is 2.30. The molecule has 1 aromatic carbocycles. The maximum absolute atomic E-state index is 11.1. The van der Waals surface area contributed by atoms with Crippen LogP contribution in [0, 0.1) is 13.8 Å². The quantitative estimate of drug-likeness (QED) is 0.807. The number of aromatic nitrogens is 2. The minimum absolute atomic E-state index is 0.108. The van der Waals surface area contributed by atoms with E-state index >= 15 is 0 Å². The molecule has 18 heavy (non-hydrogen) atoms. The van der Waals surface area contributed by atoms with Crippen LogP contribution in [0.4, 0.5) is 0 Å². The van der Waals surface area contributed by atoms with Crippen LogP contribution in [0.3, 0.4) is 0 Å². The molecule has 1 aliphatic rings. The van der Waals surface area contributed by atoms with Crippen molar-refractivity contribution in [2.75, 3.05) is 0 Å². The zero-order valence-corrected chi connectivity index (χ0v) is 10.1. The largest absolute Gasteiger partial charge is 0.488 e. The van der Waals surface area contributed by atoms with Crippen LogP contribution >= 0.6 is 0 Å². The number of nitrogens with one attached hydrogen (secondary N) is 1. The van der Waals surface area contributed by atoms with E-state index in [1.54, 1.807) is 0 Å². The Balaban J connectivity index is 2.30. The number of fused-ring (bicyclic) bond motifs is 3. The van der Waals surface area contributed by atoms with E-state index in [2.05, 4.69) is 10.2 Å². The van der Waals surface area contributed by atoms with Gasteiger partial charge in [0.2, 0.25) is 0 Å². The molecular weight excluding hydrogens is 232 g/mol. The first kappa shape index (κ1) is 10.8. The molecule has 92 valence electrons. The molecule has 0 bridgehead atoms. The number of carboxylic acid groups (broad SMARTS) is 1. The summed E-state index contributed by atoms with van der Waals surface area (Å²) in [6.45, 7) is 4.17. The lowest BCUT2D eigenvalue weighted by Gasteiger charge is -2.20. The molecule has 0 unspecified atom stereocenters. The number of hydrogen-bond acceptors (Lipinski definition) is 3. The van der Waals surface area contributed by atoms with Crippen LogP contribution in [-0.2, 0) is 6.61 Å². The van der Waals surface area contributed by atoms with Gasteiger partial charge in [0, 0.05) is 5.56 Å². The van der Waals surface area contributed by atoms with Crippen molar-refractivity contribution in [3.63, 3.8) is 0 Å². The zero-order valence-electron chi connectivity index (χ0n) is 10.1. The highest BCUT2D eigenvalue weighted by Gasteiger charge is 2.28. The number of aryl methyl sites for hydroxylation is 2. The molecular formula is C13H12N2O3. The SMILES string of the molecule is Cc1ccc(C)c2c1OCc1c-2n[nH]c1C(=O)O. The van der Waals surface area contributed by atoms with Crippen LogP contribution in [-0.4, -0.2) is 21.3 Å². The molecule has 0 fully saturated rings. The van der Waals surface area contributed by atoms with Gasteiger partial charge in [-0.15, -0.1) is 0 Å². The Morgan fingerprint density at radius 1 is 1.39 bits per heavy atom. The lowest BCUT2D eigenvalue weighted by atomic mass is 9.96. The smallest absolute Gasteiger partial charge is 0.354 e. The molecule has 2 aromatic rings. The summed E-state index contributed by atoms with van der Waals surface area (Å²) < 4.78 is 5.69. The fraction of sp³-hybridized carbons (Fsp3) is 0.231. The predicted molar refractivity (Wildman–Crippen MR) is 64.8 cm³/mol. The predicted octanol–water partition coefficient (Wildman–Crippen LogP) is 2.28. The van der Waals surface area contributed by atoms with E-state index < -0.39 is 5.97 Å². The van der Waals surface area contributed by atoms with Gasteiger partial charge in [0.15, 0.2) is 5.69 Å². The maximum atomic E-state index is 11.1. The topological polar surface area (TPSA) is 75.2 Å². The number of carboxylic acids is 1. The van der Waals surface area contributed by atoms with E-state index in [1.165, 1.54) is 0 Å². The summed E-state index contributed by atoms with van der Waals surface area (Å²) in [5.74, 6) is -0.216.